The molecule has 1 unspecified atom stereocenters. The van der Waals surface area contributed by atoms with Crippen LogP contribution < -0.4 is 0 Å². The van der Waals surface area contributed by atoms with E-state index in [0.29, 0.717) is 19.0 Å². The van der Waals surface area contributed by atoms with E-state index in [-0.39, 0.29) is 24.2 Å². The molecule has 2 rings (SSSR count). The summed E-state index contributed by atoms with van der Waals surface area (Å²) in [5.74, 6) is 1.63. The Balaban J connectivity index is 2.00. The molecule has 2 heterocycles. The molecule has 1 fully saturated rings. The van der Waals surface area contributed by atoms with Gasteiger partial charge in [0.25, 0.3) is 0 Å². The summed E-state index contributed by atoms with van der Waals surface area (Å²) in [5.41, 5.74) is -0.271. The van der Waals surface area contributed by atoms with Crippen LogP contribution in [0.3, 0.4) is 0 Å². The van der Waals surface area contributed by atoms with Crippen LogP contribution in [0.1, 0.15) is 45.3 Å². The smallest absolute Gasteiger partial charge is 0.240 e. The first kappa shape index (κ1) is 14.4. The lowest BCUT2D eigenvalue weighted by Crippen LogP contribution is -2.53. The normalized spacial score (nSPS) is 24.0. The van der Waals surface area contributed by atoms with Crippen molar-refractivity contribution >= 4 is 0 Å². The third-order valence-corrected chi connectivity index (χ3v) is 3.11. The average Bonchev–Trinajstić information content (AvgIpc) is 2.75. The Morgan fingerprint density at radius 2 is 2.21 bits per heavy atom. The molecule has 6 heteroatoms. The highest BCUT2D eigenvalue weighted by atomic mass is 16.5. The van der Waals surface area contributed by atoms with Crippen LogP contribution in [0.5, 0.6) is 0 Å². The van der Waals surface area contributed by atoms with Gasteiger partial charge in [0.05, 0.1) is 24.9 Å². The van der Waals surface area contributed by atoms with Gasteiger partial charge >= 0.3 is 0 Å². The molecule has 1 aromatic rings. The Morgan fingerprint density at radius 1 is 1.47 bits per heavy atom. The van der Waals surface area contributed by atoms with Crippen molar-refractivity contribution in [1.82, 2.24) is 15.0 Å². The zero-order chi connectivity index (χ0) is 14.0. The van der Waals surface area contributed by atoms with Gasteiger partial charge in [-0.3, -0.25) is 4.90 Å². The van der Waals surface area contributed by atoms with Crippen molar-refractivity contribution in [3.05, 3.63) is 11.7 Å². The fraction of sp³-hybridized carbons (Fsp3) is 0.846. The predicted octanol–water partition coefficient (Wildman–Crippen LogP) is 1.16. The molecule has 0 aromatic carbocycles. The largest absolute Gasteiger partial charge is 0.394 e. The Morgan fingerprint density at radius 3 is 2.79 bits per heavy atom. The van der Waals surface area contributed by atoms with Crippen molar-refractivity contribution in [2.24, 2.45) is 0 Å². The number of aromatic nitrogens is 2. The van der Waals surface area contributed by atoms with Crippen LogP contribution in [0.2, 0.25) is 0 Å². The minimum atomic E-state index is -0.271. The van der Waals surface area contributed by atoms with Crippen LogP contribution in [-0.2, 0) is 11.3 Å². The molecule has 0 bridgehead atoms. The summed E-state index contributed by atoms with van der Waals surface area (Å²) < 4.78 is 11.0. The van der Waals surface area contributed by atoms with E-state index in [1.54, 1.807) is 0 Å². The predicted molar refractivity (Wildman–Crippen MR) is 69.7 cm³/mol. The standard InChI is InChI=1S/C13H23N3O3/c1-9(2)12-14-11(19-15-12)6-16-5-10(7-17)18-13(3,4)8-16/h9-10,17H,5-8H2,1-4H3. The molecule has 0 spiro atoms. The first-order valence-corrected chi connectivity index (χ1v) is 6.73. The topological polar surface area (TPSA) is 71.6 Å². The lowest BCUT2D eigenvalue weighted by atomic mass is 10.1. The van der Waals surface area contributed by atoms with Crippen molar-refractivity contribution in [2.45, 2.75) is 51.9 Å². The molecule has 1 atom stereocenters. The Bertz CT molecular complexity index is 417. The second-order valence-corrected chi connectivity index (χ2v) is 6.05. The maximum Gasteiger partial charge on any atom is 0.240 e. The van der Waals surface area contributed by atoms with Crippen LogP contribution in [-0.4, -0.2) is 51.5 Å². The number of rotatable bonds is 4. The van der Waals surface area contributed by atoms with Crippen LogP contribution in [0.25, 0.3) is 0 Å². The molecule has 108 valence electrons. The summed E-state index contributed by atoms with van der Waals surface area (Å²) in [6.45, 7) is 10.2. The molecule has 0 amide bonds. The second-order valence-electron chi connectivity index (χ2n) is 6.05. The van der Waals surface area contributed by atoms with E-state index in [1.165, 1.54) is 0 Å². The van der Waals surface area contributed by atoms with Gasteiger partial charge in [0.2, 0.25) is 5.89 Å². The summed E-state index contributed by atoms with van der Waals surface area (Å²) in [6.07, 6.45) is -0.156. The first-order chi connectivity index (χ1) is 8.89. The van der Waals surface area contributed by atoms with E-state index < -0.39 is 0 Å². The molecule has 1 saturated heterocycles. The molecular formula is C13H23N3O3. The van der Waals surface area contributed by atoms with E-state index in [0.717, 1.165) is 12.4 Å². The first-order valence-electron chi connectivity index (χ1n) is 6.73. The van der Waals surface area contributed by atoms with Crippen LogP contribution in [0, 0.1) is 0 Å². The second kappa shape index (κ2) is 5.56. The molecule has 0 saturated carbocycles. The monoisotopic (exact) mass is 269 g/mol. The molecule has 1 aliphatic heterocycles. The number of morpholine rings is 1. The van der Waals surface area contributed by atoms with E-state index in [4.69, 9.17) is 9.26 Å². The van der Waals surface area contributed by atoms with E-state index in [9.17, 15) is 5.11 Å². The van der Waals surface area contributed by atoms with Gasteiger partial charge in [0, 0.05) is 19.0 Å². The number of aliphatic hydroxyl groups is 1. The third-order valence-electron chi connectivity index (χ3n) is 3.11. The van der Waals surface area contributed by atoms with Gasteiger partial charge in [0.1, 0.15) is 0 Å². The number of ether oxygens (including phenoxy) is 1. The molecule has 6 nitrogen and oxygen atoms in total. The zero-order valence-electron chi connectivity index (χ0n) is 12.1. The molecular weight excluding hydrogens is 246 g/mol. The van der Waals surface area contributed by atoms with Crippen LogP contribution >= 0.6 is 0 Å². The van der Waals surface area contributed by atoms with Gasteiger partial charge in [-0.15, -0.1) is 0 Å². The highest BCUT2D eigenvalue weighted by Crippen LogP contribution is 2.22. The van der Waals surface area contributed by atoms with Crippen LogP contribution in [0.4, 0.5) is 0 Å². The summed E-state index contributed by atoms with van der Waals surface area (Å²) in [6, 6.07) is 0. The van der Waals surface area contributed by atoms with Gasteiger partial charge in [0.15, 0.2) is 5.82 Å². The minimum Gasteiger partial charge on any atom is -0.394 e. The highest BCUT2D eigenvalue weighted by molar-refractivity contribution is 4.93. The van der Waals surface area contributed by atoms with E-state index in [1.807, 2.05) is 27.7 Å². The molecule has 0 radical (unpaired) electrons. The van der Waals surface area contributed by atoms with Gasteiger partial charge in [-0.1, -0.05) is 19.0 Å². The molecule has 1 aliphatic rings. The number of hydrogen-bond donors (Lipinski definition) is 1. The minimum absolute atomic E-state index is 0.0288. The third kappa shape index (κ3) is 3.75. The van der Waals surface area contributed by atoms with Crippen molar-refractivity contribution in [1.29, 1.82) is 0 Å². The Hall–Kier alpha value is -0.980. The summed E-state index contributed by atoms with van der Waals surface area (Å²) >= 11 is 0. The van der Waals surface area contributed by atoms with Gasteiger partial charge < -0.3 is 14.4 Å². The van der Waals surface area contributed by atoms with Crippen molar-refractivity contribution in [2.75, 3.05) is 19.7 Å². The fourth-order valence-corrected chi connectivity index (χ4v) is 2.39. The summed E-state index contributed by atoms with van der Waals surface area (Å²) in [4.78, 5) is 6.56. The fourth-order valence-electron chi connectivity index (χ4n) is 2.39. The summed E-state index contributed by atoms with van der Waals surface area (Å²) in [7, 11) is 0. The van der Waals surface area contributed by atoms with E-state index >= 15 is 0 Å². The van der Waals surface area contributed by atoms with Gasteiger partial charge in [-0.05, 0) is 13.8 Å². The maximum atomic E-state index is 9.28. The quantitative estimate of drug-likeness (QED) is 0.884. The highest BCUT2D eigenvalue weighted by Gasteiger charge is 2.33. The lowest BCUT2D eigenvalue weighted by molar-refractivity contribution is -0.151. The zero-order valence-corrected chi connectivity index (χ0v) is 12.1. The van der Waals surface area contributed by atoms with Crippen molar-refractivity contribution in [3.63, 3.8) is 0 Å². The number of hydrogen-bond acceptors (Lipinski definition) is 6. The summed E-state index contributed by atoms with van der Waals surface area (Å²) in [5, 5.41) is 13.2. The Kier molecular flexibility index (Phi) is 4.23. The van der Waals surface area contributed by atoms with Gasteiger partial charge in [-0.2, -0.15) is 4.98 Å². The molecule has 1 N–H and O–H groups in total. The average molecular weight is 269 g/mol. The van der Waals surface area contributed by atoms with Crippen molar-refractivity contribution in [3.8, 4) is 0 Å². The number of aliphatic hydroxyl groups excluding tert-OH is 1. The Labute approximate surface area is 113 Å². The lowest BCUT2D eigenvalue weighted by Gasteiger charge is -2.41. The van der Waals surface area contributed by atoms with Gasteiger partial charge in [-0.25, -0.2) is 0 Å². The van der Waals surface area contributed by atoms with Crippen molar-refractivity contribution < 1.29 is 14.4 Å². The molecule has 0 aliphatic carbocycles. The SMILES string of the molecule is CC(C)c1noc(CN2CC(CO)OC(C)(C)C2)n1. The number of nitrogens with zero attached hydrogens (tertiary/aromatic N) is 3. The van der Waals surface area contributed by atoms with Crippen LogP contribution in [0.15, 0.2) is 4.52 Å². The molecule has 1 aromatic heterocycles. The molecule has 19 heavy (non-hydrogen) atoms. The van der Waals surface area contributed by atoms with E-state index in [2.05, 4.69) is 15.0 Å². The maximum absolute atomic E-state index is 9.28.